The molecule has 0 aliphatic rings. The smallest absolute Gasteiger partial charge is 0.266 e. The van der Waals surface area contributed by atoms with Gasteiger partial charge >= 0.3 is 0 Å². The Balaban J connectivity index is 4.56. The summed E-state index contributed by atoms with van der Waals surface area (Å²) in [5, 5.41) is 0. The Morgan fingerprint density at radius 1 is 1.42 bits per heavy atom. The van der Waals surface area contributed by atoms with E-state index in [-0.39, 0.29) is 5.57 Å². The van der Waals surface area contributed by atoms with Crippen molar-refractivity contribution in [2.75, 3.05) is 7.11 Å². The van der Waals surface area contributed by atoms with Crippen LogP contribution in [0, 0.1) is 0 Å². The van der Waals surface area contributed by atoms with Crippen molar-refractivity contribution < 1.29 is 13.5 Å². The van der Waals surface area contributed by atoms with Gasteiger partial charge in [-0.15, -0.1) is 0 Å². The van der Waals surface area contributed by atoms with Crippen molar-refractivity contribution in [3.05, 3.63) is 23.5 Å². The van der Waals surface area contributed by atoms with Crippen molar-refractivity contribution in [3.63, 3.8) is 0 Å². The van der Waals surface area contributed by atoms with Gasteiger partial charge in [-0.05, 0) is 31.6 Å². The normalized spacial score (nSPS) is 14.8. The van der Waals surface area contributed by atoms with E-state index in [0.717, 1.165) is 6.92 Å². The highest BCUT2D eigenvalue weighted by molar-refractivity contribution is 5.20. The van der Waals surface area contributed by atoms with Gasteiger partial charge in [-0.3, -0.25) is 0 Å². The molecular formula is C9H14F2O. The molecule has 0 aliphatic heterocycles. The van der Waals surface area contributed by atoms with E-state index in [0.29, 0.717) is 5.76 Å². The standard InChI is InChI=1S/C9H14F2O/c1-5-8(12-4)6-7(2)9(3,10)11/h5-6H,1-4H3. The van der Waals surface area contributed by atoms with Crippen molar-refractivity contribution >= 4 is 0 Å². The van der Waals surface area contributed by atoms with E-state index in [1.54, 1.807) is 13.0 Å². The lowest BCUT2D eigenvalue weighted by Crippen LogP contribution is -2.11. The first kappa shape index (κ1) is 11.1. The average molecular weight is 176 g/mol. The Morgan fingerprint density at radius 2 is 1.92 bits per heavy atom. The summed E-state index contributed by atoms with van der Waals surface area (Å²) in [7, 11) is 1.45. The van der Waals surface area contributed by atoms with Gasteiger partial charge in [-0.2, -0.15) is 0 Å². The van der Waals surface area contributed by atoms with Crippen LogP contribution in [0.3, 0.4) is 0 Å². The van der Waals surface area contributed by atoms with E-state index in [4.69, 9.17) is 4.74 Å². The molecule has 0 radical (unpaired) electrons. The highest BCUT2D eigenvalue weighted by atomic mass is 19.3. The fourth-order valence-electron chi connectivity index (χ4n) is 0.600. The summed E-state index contributed by atoms with van der Waals surface area (Å²) in [5.74, 6) is -2.32. The number of methoxy groups -OCH3 is 1. The Labute approximate surface area is 71.7 Å². The molecule has 0 saturated carbocycles. The van der Waals surface area contributed by atoms with E-state index in [1.807, 2.05) is 0 Å². The zero-order valence-electron chi connectivity index (χ0n) is 7.82. The van der Waals surface area contributed by atoms with E-state index < -0.39 is 5.92 Å². The molecule has 70 valence electrons. The molecule has 0 atom stereocenters. The third kappa shape index (κ3) is 3.51. The summed E-state index contributed by atoms with van der Waals surface area (Å²) in [6, 6.07) is 0. The lowest BCUT2D eigenvalue weighted by molar-refractivity contribution is 0.0630. The Bertz CT molecular complexity index is 199. The Morgan fingerprint density at radius 3 is 2.17 bits per heavy atom. The number of hydrogen-bond donors (Lipinski definition) is 0. The minimum Gasteiger partial charge on any atom is -0.497 e. The molecule has 0 amide bonds. The van der Waals surface area contributed by atoms with Crippen LogP contribution in [0.15, 0.2) is 23.5 Å². The molecule has 0 aliphatic carbocycles. The zero-order chi connectivity index (χ0) is 9.78. The molecule has 0 rings (SSSR count). The van der Waals surface area contributed by atoms with E-state index in [2.05, 4.69) is 0 Å². The number of alkyl halides is 2. The maximum absolute atomic E-state index is 12.6. The number of ether oxygens (including phenoxy) is 1. The van der Waals surface area contributed by atoms with Crippen LogP contribution in [0.25, 0.3) is 0 Å². The summed E-state index contributed by atoms with van der Waals surface area (Å²) in [6.45, 7) is 3.97. The molecule has 0 N–H and O–H groups in total. The topological polar surface area (TPSA) is 9.23 Å². The second-order valence-electron chi connectivity index (χ2n) is 2.61. The molecule has 0 heterocycles. The number of halogens is 2. The maximum atomic E-state index is 12.6. The first-order chi connectivity index (χ1) is 5.41. The Hall–Kier alpha value is -0.860. The molecule has 0 fully saturated rings. The summed E-state index contributed by atoms with van der Waals surface area (Å²) in [6.07, 6.45) is 2.97. The fourth-order valence-corrected chi connectivity index (χ4v) is 0.600. The van der Waals surface area contributed by atoms with E-state index in [9.17, 15) is 8.78 Å². The summed E-state index contributed by atoms with van der Waals surface area (Å²) < 4.78 is 30.0. The quantitative estimate of drug-likeness (QED) is 0.474. The lowest BCUT2D eigenvalue weighted by Gasteiger charge is -2.11. The van der Waals surface area contributed by atoms with Gasteiger partial charge in [0.25, 0.3) is 5.92 Å². The molecule has 1 nitrogen and oxygen atoms in total. The molecule has 0 spiro atoms. The van der Waals surface area contributed by atoms with Gasteiger partial charge in [0.15, 0.2) is 0 Å². The van der Waals surface area contributed by atoms with Crippen LogP contribution in [-0.2, 0) is 4.74 Å². The summed E-state index contributed by atoms with van der Waals surface area (Å²) in [5.41, 5.74) is -0.00236. The van der Waals surface area contributed by atoms with Crippen LogP contribution >= 0.6 is 0 Å². The predicted molar refractivity (Wildman–Crippen MR) is 45.1 cm³/mol. The Kier molecular flexibility index (Phi) is 3.93. The van der Waals surface area contributed by atoms with Crippen molar-refractivity contribution in [1.82, 2.24) is 0 Å². The van der Waals surface area contributed by atoms with Gasteiger partial charge in [0.2, 0.25) is 0 Å². The van der Waals surface area contributed by atoms with Crippen molar-refractivity contribution in [2.45, 2.75) is 26.7 Å². The molecule has 12 heavy (non-hydrogen) atoms. The van der Waals surface area contributed by atoms with Crippen LogP contribution in [0.4, 0.5) is 8.78 Å². The SMILES string of the molecule is CC=C(C=C(C)C(C)(F)F)OC. The summed E-state index contributed by atoms with van der Waals surface area (Å²) >= 11 is 0. The fraction of sp³-hybridized carbons (Fsp3) is 0.556. The van der Waals surface area contributed by atoms with Gasteiger partial charge in [-0.1, -0.05) is 0 Å². The minimum absolute atomic E-state index is 0.00236. The molecule has 0 aromatic rings. The second kappa shape index (κ2) is 4.24. The third-order valence-electron chi connectivity index (χ3n) is 1.57. The van der Waals surface area contributed by atoms with Gasteiger partial charge in [0, 0.05) is 6.92 Å². The van der Waals surface area contributed by atoms with Crippen molar-refractivity contribution in [2.24, 2.45) is 0 Å². The molecule has 0 bridgehead atoms. The third-order valence-corrected chi connectivity index (χ3v) is 1.57. The van der Waals surface area contributed by atoms with Crippen LogP contribution in [0.2, 0.25) is 0 Å². The zero-order valence-corrected chi connectivity index (χ0v) is 7.82. The van der Waals surface area contributed by atoms with E-state index >= 15 is 0 Å². The predicted octanol–water partition coefficient (Wildman–Crippen LogP) is 3.14. The molecule has 3 heteroatoms. The maximum Gasteiger partial charge on any atom is 0.266 e. The molecular weight excluding hydrogens is 162 g/mol. The largest absolute Gasteiger partial charge is 0.497 e. The molecule has 0 saturated heterocycles. The van der Waals surface area contributed by atoms with Crippen LogP contribution < -0.4 is 0 Å². The van der Waals surface area contributed by atoms with Gasteiger partial charge in [-0.25, -0.2) is 8.78 Å². The van der Waals surface area contributed by atoms with Gasteiger partial charge < -0.3 is 4.74 Å². The monoisotopic (exact) mass is 176 g/mol. The first-order valence-corrected chi connectivity index (χ1v) is 3.68. The number of rotatable bonds is 3. The van der Waals surface area contributed by atoms with E-state index in [1.165, 1.54) is 20.1 Å². The van der Waals surface area contributed by atoms with Crippen LogP contribution in [-0.4, -0.2) is 13.0 Å². The minimum atomic E-state index is -2.77. The highest BCUT2D eigenvalue weighted by Gasteiger charge is 2.23. The van der Waals surface area contributed by atoms with Gasteiger partial charge in [0.05, 0.1) is 7.11 Å². The summed E-state index contributed by atoms with van der Waals surface area (Å²) in [4.78, 5) is 0. The second-order valence-corrected chi connectivity index (χ2v) is 2.61. The first-order valence-electron chi connectivity index (χ1n) is 3.68. The number of allylic oxidation sites excluding steroid dienone is 3. The molecule has 0 unspecified atom stereocenters. The average Bonchev–Trinajstić information content (AvgIpc) is 1.97. The lowest BCUT2D eigenvalue weighted by atomic mass is 10.1. The van der Waals surface area contributed by atoms with Crippen LogP contribution in [0.1, 0.15) is 20.8 Å². The number of hydrogen-bond acceptors (Lipinski definition) is 1. The van der Waals surface area contributed by atoms with Crippen molar-refractivity contribution in [1.29, 1.82) is 0 Å². The van der Waals surface area contributed by atoms with Gasteiger partial charge in [0.1, 0.15) is 5.76 Å². The van der Waals surface area contributed by atoms with Crippen LogP contribution in [0.5, 0.6) is 0 Å². The highest BCUT2D eigenvalue weighted by Crippen LogP contribution is 2.23. The molecule has 0 aromatic heterocycles. The van der Waals surface area contributed by atoms with Crippen molar-refractivity contribution in [3.8, 4) is 0 Å². The molecule has 0 aromatic carbocycles.